The van der Waals surface area contributed by atoms with Crippen LogP contribution in [0, 0.1) is 0 Å². The van der Waals surface area contributed by atoms with E-state index in [2.05, 4.69) is 0 Å². The van der Waals surface area contributed by atoms with Gasteiger partial charge >= 0.3 is 0 Å². The van der Waals surface area contributed by atoms with Crippen LogP contribution in [0.5, 0.6) is 0 Å². The van der Waals surface area contributed by atoms with E-state index in [0.717, 1.165) is 38.5 Å². The molecule has 2 aliphatic carbocycles. The first kappa shape index (κ1) is 10.4. The SMILES string of the molecule is [O]C1(OC2CCCCCC2)CCCC1. The molecule has 0 aliphatic heterocycles. The van der Waals surface area contributed by atoms with Gasteiger partial charge < -0.3 is 4.74 Å². The van der Waals surface area contributed by atoms with Crippen molar-refractivity contribution in [1.82, 2.24) is 0 Å². The molecule has 0 amide bonds. The first-order valence-corrected chi connectivity index (χ1v) is 6.17. The quantitative estimate of drug-likeness (QED) is 0.492. The summed E-state index contributed by atoms with van der Waals surface area (Å²) in [5.41, 5.74) is 0. The van der Waals surface area contributed by atoms with Crippen LogP contribution in [-0.4, -0.2) is 11.9 Å². The van der Waals surface area contributed by atoms with Crippen molar-refractivity contribution in [2.75, 3.05) is 0 Å². The lowest BCUT2D eigenvalue weighted by atomic mass is 10.1. The van der Waals surface area contributed by atoms with E-state index in [-0.39, 0.29) is 6.10 Å². The molecule has 0 bridgehead atoms. The Bertz CT molecular complexity index is 165. The van der Waals surface area contributed by atoms with Crippen molar-refractivity contribution in [3.8, 4) is 0 Å². The molecule has 2 fully saturated rings. The van der Waals surface area contributed by atoms with E-state index >= 15 is 0 Å². The van der Waals surface area contributed by atoms with Crippen molar-refractivity contribution in [3.63, 3.8) is 0 Å². The molecule has 2 rings (SSSR count). The van der Waals surface area contributed by atoms with E-state index in [1.165, 1.54) is 25.7 Å². The Morgan fingerprint density at radius 1 is 0.857 bits per heavy atom. The molecule has 2 aliphatic rings. The first-order valence-electron chi connectivity index (χ1n) is 6.17. The fourth-order valence-electron chi connectivity index (χ4n) is 2.70. The molecule has 0 spiro atoms. The van der Waals surface area contributed by atoms with Crippen molar-refractivity contribution >= 4 is 0 Å². The van der Waals surface area contributed by atoms with Crippen LogP contribution in [0.3, 0.4) is 0 Å². The third kappa shape index (κ3) is 2.71. The van der Waals surface area contributed by atoms with E-state index < -0.39 is 5.79 Å². The summed E-state index contributed by atoms with van der Waals surface area (Å²) in [4.78, 5) is 0. The molecule has 0 unspecified atom stereocenters. The van der Waals surface area contributed by atoms with Gasteiger partial charge in [0.25, 0.3) is 0 Å². The molecule has 0 aromatic carbocycles. The Balaban J connectivity index is 1.82. The Hall–Kier alpha value is -0.0800. The van der Waals surface area contributed by atoms with Gasteiger partial charge in [-0.05, 0) is 25.7 Å². The number of rotatable bonds is 2. The molecule has 2 saturated carbocycles. The number of ether oxygens (including phenoxy) is 1. The average Bonchev–Trinajstić information content (AvgIpc) is 2.43. The summed E-state index contributed by atoms with van der Waals surface area (Å²) in [5.74, 6) is -1.00. The van der Waals surface area contributed by atoms with Gasteiger partial charge in [0.2, 0.25) is 5.79 Å². The highest BCUT2D eigenvalue weighted by Gasteiger charge is 2.36. The third-order valence-electron chi connectivity index (χ3n) is 3.55. The molecule has 1 radical (unpaired) electrons. The zero-order chi connectivity index (χ0) is 9.86. The molecule has 0 N–H and O–H groups in total. The lowest BCUT2D eigenvalue weighted by molar-refractivity contribution is -0.260. The molecular formula is C12H21O2. The maximum atomic E-state index is 12.1. The molecule has 0 saturated heterocycles. The minimum absolute atomic E-state index is 0.271. The van der Waals surface area contributed by atoms with Crippen LogP contribution in [0.2, 0.25) is 0 Å². The van der Waals surface area contributed by atoms with Crippen molar-refractivity contribution < 1.29 is 9.84 Å². The predicted octanol–water partition coefficient (Wildman–Crippen LogP) is 3.43. The van der Waals surface area contributed by atoms with E-state index in [0.29, 0.717) is 0 Å². The van der Waals surface area contributed by atoms with Crippen LogP contribution in [0.25, 0.3) is 0 Å². The normalized spacial score (nSPS) is 28.9. The minimum atomic E-state index is -1.00. The standard InChI is InChI=1S/C12H21O2/c13-12(9-5-6-10-12)14-11-7-3-1-2-4-8-11/h11H,1-10H2. The molecule has 0 aromatic heterocycles. The molecule has 2 nitrogen and oxygen atoms in total. The highest BCUT2D eigenvalue weighted by atomic mass is 16.6. The smallest absolute Gasteiger partial charge is 0.201 e. The summed E-state index contributed by atoms with van der Waals surface area (Å²) >= 11 is 0. The van der Waals surface area contributed by atoms with E-state index in [9.17, 15) is 5.11 Å². The Morgan fingerprint density at radius 3 is 2.00 bits per heavy atom. The van der Waals surface area contributed by atoms with Gasteiger partial charge in [0.05, 0.1) is 6.10 Å². The minimum Gasteiger partial charge on any atom is -0.344 e. The molecule has 2 heteroatoms. The van der Waals surface area contributed by atoms with E-state index in [4.69, 9.17) is 4.74 Å². The van der Waals surface area contributed by atoms with Crippen LogP contribution < -0.4 is 0 Å². The molecule has 0 atom stereocenters. The third-order valence-corrected chi connectivity index (χ3v) is 3.55. The predicted molar refractivity (Wildman–Crippen MR) is 54.5 cm³/mol. The second kappa shape index (κ2) is 4.63. The van der Waals surface area contributed by atoms with Gasteiger partial charge in [-0.3, -0.25) is 0 Å². The largest absolute Gasteiger partial charge is 0.344 e. The molecular weight excluding hydrogens is 176 g/mol. The Kier molecular flexibility index (Phi) is 3.45. The van der Waals surface area contributed by atoms with Gasteiger partial charge in [0.1, 0.15) is 0 Å². The van der Waals surface area contributed by atoms with Crippen LogP contribution in [-0.2, 0) is 9.84 Å². The van der Waals surface area contributed by atoms with Gasteiger partial charge in [-0.1, -0.05) is 25.7 Å². The fourth-order valence-corrected chi connectivity index (χ4v) is 2.70. The molecule has 14 heavy (non-hydrogen) atoms. The summed E-state index contributed by atoms with van der Waals surface area (Å²) < 4.78 is 5.76. The van der Waals surface area contributed by atoms with Crippen molar-refractivity contribution in [3.05, 3.63) is 0 Å². The van der Waals surface area contributed by atoms with Gasteiger partial charge in [0.15, 0.2) is 0 Å². The number of hydrogen-bond donors (Lipinski definition) is 0. The van der Waals surface area contributed by atoms with Gasteiger partial charge in [0, 0.05) is 12.8 Å². The summed E-state index contributed by atoms with van der Waals surface area (Å²) in [7, 11) is 0. The number of hydrogen-bond acceptors (Lipinski definition) is 1. The molecule has 0 aromatic rings. The second-order valence-electron chi connectivity index (χ2n) is 4.85. The van der Waals surface area contributed by atoms with Crippen LogP contribution >= 0.6 is 0 Å². The molecule has 81 valence electrons. The second-order valence-corrected chi connectivity index (χ2v) is 4.85. The van der Waals surface area contributed by atoms with Crippen molar-refractivity contribution in [1.29, 1.82) is 0 Å². The fraction of sp³-hybridized carbons (Fsp3) is 1.00. The monoisotopic (exact) mass is 197 g/mol. The zero-order valence-corrected chi connectivity index (χ0v) is 8.96. The Labute approximate surface area is 86.6 Å². The lowest BCUT2D eigenvalue weighted by Crippen LogP contribution is -2.32. The average molecular weight is 197 g/mol. The zero-order valence-electron chi connectivity index (χ0n) is 8.96. The summed E-state index contributed by atoms with van der Waals surface area (Å²) in [5, 5.41) is 12.1. The summed E-state index contributed by atoms with van der Waals surface area (Å²) in [6.45, 7) is 0. The van der Waals surface area contributed by atoms with Gasteiger partial charge in [-0.2, -0.15) is 5.11 Å². The summed E-state index contributed by atoms with van der Waals surface area (Å²) in [6, 6.07) is 0. The highest BCUT2D eigenvalue weighted by Crippen LogP contribution is 2.34. The van der Waals surface area contributed by atoms with E-state index in [1.807, 2.05) is 0 Å². The lowest BCUT2D eigenvalue weighted by Gasteiger charge is -2.26. The van der Waals surface area contributed by atoms with Crippen molar-refractivity contribution in [2.24, 2.45) is 0 Å². The van der Waals surface area contributed by atoms with Crippen LogP contribution in [0.15, 0.2) is 0 Å². The van der Waals surface area contributed by atoms with Crippen LogP contribution in [0.1, 0.15) is 64.2 Å². The topological polar surface area (TPSA) is 29.1 Å². The molecule has 0 heterocycles. The summed E-state index contributed by atoms with van der Waals surface area (Å²) in [6.07, 6.45) is 11.3. The maximum Gasteiger partial charge on any atom is 0.201 e. The van der Waals surface area contributed by atoms with Gasteiger partial charge in [-0.15, -0.1) is 0 Å². The van der Waals surface area contributed by atoms with Gasteiger partial charge in [-0.25, -0.2) is 0 Å². The van der Waals surface area contributed by atoms with Crippen molar-refractivity contribution in [2.45, 2.75) is 76.1 Å². The van der Waals surface area contributed by atoms with Crippen LogP contribution in [0.4, 0.5) is 0 Å². The highest BCUT2D eigenvalue weighted by molar-refractivity contribution is 4.77. The first-order chi connectivity index (χ1) is 6.79. The van der Waals surface area contributed by atoms with E-state index in [1.54, 1.807) is 0 Å². The maximum absolute atomic E-state index is 12.1. The Morgan fingerprint density at radius 2 is 1.43 bits per heavy atom.